The lowest BCUT2D eigenvalue weighted by atomic mass is 10.1. The van der Waals surface area contributed by atoms with Crippen molar-refractivity contribution in [2.24, 2.45) is 0 Å². The Morgan fingerprint density at radius 2 is 1.03 bits per heavy atom. The molecule has 0 bridgehead atoms. The van der Waals surface area contributed by atoms with Crippen LogP contribution in [0.2, 0.25) is 0 Å². The van der Waals surface area contributed by atoms with E-state index < -0.39 is 12.1 Å². The fraction of sp³-hybridized carbons (Fsp3) is 0.367. The van der Waals surface area contributed by atoms with E-state index >= 15 is 0 Å². The third kappa shape index (κ3) is 10.1. The third-order valence-electron chi connectivity index (χ3n) is 5.67. The summed E-state index contributed by atoms with van der Waals surface area (Å²) in [6, 6.07) is 29.7. The van der Waals surface area contributed by atoms with Gasteiger partial charge in [0.15, 0.2) is 14.7 Å². The van der Waals surface area contributed by atoms with Gasteiger partial charge in [-0.2, -0.15) is 13.2 Å². The maximum atomic E-state index is 10.5. The van der Waals surface area contributed by atoms with Gasteiger partial charge in [0.2, 0.25) is 0 Å². The Bertz CT molecular complexity index is 963. The van der Waals surface area contributed by atoms with Crippen LogP contribution in [0, 0.1) is 0 Å². The molecule has 0 saturated carbocycles. The van der Waals surface area contributed by atoms with Crippen molar-refractivity contribution in [1.82, 2.24) is 0 Å². The van der Waals surface area contributed by atoms with Crippen LogP contribution >= 0.6 is 0 Å². The number of halogens is 3. The second-order valence-corrected chi connectivity index (χ2v) is 10.6. The summed E-state index contributed by atoms with van der Waals surface area (Å²) in [6.07, 6.45) is 4.98. The van der Waals surface area contributed by atoms with Crippen molar-refractivity contribution in [1.29, 1.82) is 0 Å². The fourth-order valence-electron chi connectivity index (χ4n) is 3.71. The van der Waals surface area contributed by atoms with E-state index in [1.165, 1.54) is 77.2 Å². The number of unbranched alkanes of at least 4 members (excludes halogenated alkanes) is 4. The molecule has 0 saturated heterocycles. The third-order valence-corrected chi connectivity index (χ3v) is 7.90. The number of aliphatic carboxylic acids is 1. The number of alkyl halides is 3. The summed E-state index contributed by atoms with van der Waals surface area (Å²) in [5.41, 5.74) is 2.93. The highest BCUT2D eigenvalue weighted by atomic mass is 32.2. The van der Waals surface area contributed by atoms with Crippen LogP contribution in [0.5, 0.6) is 0 Å². The maximum Gasteiger partial charge on any atom is 0.430 e. The number of hydrogen-bond donors (Lipinski definition) is 0. The first kappa shape index (κ1) is 29.5. The van der Waals surface area contributed by atoms with Crippen LogP contribution in [0.25, 0.3) is 0 Å². The summed E-state index contributed by atoms with van der Waals surface area (Å²) in [7, 11) is -0.0458. The number of rotatable bonds is 11. The molecule has 194 valence electrons. The molecule has 0 spiro atoms. The molecule has 3 aromatic carbocycles. The molecule has 0 aliphatic carbocycles. The van der Waals surface area contributed by atoms with Crippen LogP contribution in [0.3, 0.4) is 0 Å². The predicted molar refractivity (Wildman–Crippen MR) is 139 cm³/mol. The first-order valence-corrected chi connectivity index (χ1v) is 13.7. The lowest BCUT2D eigenvalue weighted by Gasteiger charge is -2.10. The standard InChI is InChI=1S/C28H35S.C2HF3O2/c1-3-5-8-12-24-16-20-27(21-17-24)29(26-14-10-7-11-15-26)28-22-18-25(19-23-28)13-9-6-4-2;3-2(4,5)1(6)7/h7,10-11,14-23H,3-6,8-9,12-13H2,1-2H3;(H,6,7)/q+1;/p-1. The second-order valence-electron chi connectivity index (χ2n) is 8.61. The van der Waals surface area contributed by atoms with E-state index in [1.54, 1.807) is 0 Å². The van der Waals surface area contributed by atoms with E-state index in [9.17, 15) is 13.2 Å². The minimum absolute atomic E-state index is 0.0458. The summed E-state index contributed by atoms with van der Waals surface area (Å²) >= 11 is 0. The Morgan fingerprint density at radius 3 is 1.36 bits per heavy atom. The molecule has 0 unspecified atom stereocenters. The molecule has 0 aromatic heterocycles. The van der Waals surface area contributed by atoms with Crippen molar-refractivity contribution in [2.45, 2.75) is 86.1 Å². The van der Waals surface area contributed by atoms with E-state index in [0.717, 1.165) is 0 Å². The van der Waals surface area contributed by atoms with Gasteiger partial charge < -0.3 is 9.90 Å². The Balaban J connectivity index is 0.000000572. The lowest BCUT2D eigenvalue weighted by molar-refractivity contribution is -0.344. The largest absolute Gasteiger partial charge is 0.542 e. The zero-order chi connectivity index (χ0) is 26.4. The Kier molecular flexibility index (Phi) is 12.6. The Hall–Kier alpha value is -2.73. The zero-order valence-corrected chi connectivity index (χ0v) is 21.8. The van der Waals surface area contributed by atoms with E-state index in [2.05, 4.69) is 92.7 Å². The molecule has 3 rings (SSSR count). The molecular weight excluding hydrogens is 481 g/mol. The van der Waals surface area contributed by atoms with E-state index in [1.807, 2.05) is 0 Å². The molecule has 0 amide bonds. The van der Waals surface area contributed by atoms with E-state index in [4.69, 9.17) is 9.90 Å². The summed E-state index contributed by atoms with van der Waals surface area (Å²) in [4.78, 5) is 13.0. The zero-order valence-electron chi connectivity index (χ0n) is 21.0. The van der Waals surface area contributed by atoms with Crippen LogP contribution < -0.4 is 5.11 Å². The van der Waals surface area contributed by atoms with Crippen LogP contribution in [0.4, 0.5) is 13.2 Å². The van der Waals surface area contributed by atoms with Gasteiger partial charge in [-0.15, -0.1) is 0 Å². The fourth-order valence-corrected chi connectivity index (χ4v) is 5.77. The van der Waals surface area contributed by atoms with Gasteiger partial charge in [0.1, 0.15) is 5.97 Å². The molecule has 0 radical (unpaired) electrons. The number of carbonyl (C=O) groups excluding carboxylic acids is 1. The highest BCUT2D eigenvalue weighted by molar-refractivity contribution is 7.97. The number of aryl methyl sites for hydroxylation is 2. The molecule has 0 N–H and O–H groups in total. The number of carboxylic acid groups (broad SMARTS) is 1. The number of benzene rings is 3. The minimum atomic E-state index is -5.19. The number of carbonyl (C=O) groups is 1. The summed E-state index contributed by atoms with van der Waals surface area (Å²) in [5, 5.41) is 8.78. The molecule has 3 aromatic rings. The van der Waals surface area contributed by atoms with Gasteiger partial charge in [-0.05, 0) is 73.2 Å². The average Bonchev–Trinajstić information content (AvgIpc) is 2.87. The van der Waals surface area contributed by atoms with Crippen LogP contribution in [0.1, 0.15) is 63.5 Å². The molecule has 0 atom stereocenters. The normalized spacial score (nSPS) is 11.2. The van der Waals surface area contributed by atoms with Crippen molar-refractivity contribution in [2.75, 3.05) is 0 Å². The SMILES string of the molecule is CCCCCc1ccc([S+](c2ccccc2)c2ccc(CCCCC)cc2)cc1.O=C([O-])C(F)(F)F. The smallest absolute Gasteiger partial charge is 0.430 e. The molecule has 36 heavy (non-hydrogen) atoms. The van der Waals surface area contributed by atoms with E-state index in [0.29, 0.717) is 0 Å². The molecule has 0 aliphatic heterocycles. The van der Waals surface area contributed by atoms with Gasteiger partial charge in [-0.25, -0.2) is 0 Å². The van der Waals surface area contributed by atoms with Gasteiger partial charge in [0.05, 0.1) is 10.9 Å². The Labute approximate surface area is 215 Å². The molecule has 0 heterocycles. The van der Waals surface area contributed by atoms with Crippen molar-refractivity contribution in [3.63, 3.8) is 0 Å². The monoisotopic (exact) mass is 516 g/mol. The highest BCUT2D eigenvalue weighted by Crippen LogP contribution is 2.31. The summed E-state index contributed by atoms with van der Waals surface area (Å²) in [5.74, 6) is -3.01. The van der Waals surface area contributed by atoms with Gasteiger partial charge in [-0.3, -0.25) is 0 Å². The van der Waals surface area contributed by atoms with Crippen molar-refractivity contribution in [3.8, 4) is 0 Å². The molecule has 0 fully saturated rings. The number of carboxylic acids is 1. The quantitative estimate of drug-likeness (QED) is 0.195. The van der Waals surface area contributed by atoms with Crippen LogP contribution in [-0.2, 0) is 28.5 Å². The Morgan fingerprint density at radius 1 is 0.667 bits per heavy atom. The van der Waals surface area contributed by atoms with Crippen molar-refractivity contribution < 1.29 is 23.1 Å². The van der Waals surface area contributed by atoms with Crippen molar-refractivity contribution >= 4 is 16.9 Å². The van der Waals surface area contributed by atoms with Crippen LogP contribution in [0.15, 0.2) is 93.5 Å². The highest BCUT2D eigenvalue weighted by Gasteiger charge is 2.29. The first-order valence-electron chi connectivity index (χ1n) is 12.5. The molecule has 6 heteroatoms. The minimum Gasteiger partial charge on any atom is -0.542 e. The molecule has 2 nitrogen and oxygen atoms in total. The topological polar surface area (TPSA) is 40.1 Å². The predicted octanol–water partition coefficient (Wildman–Crippen LogP) is 7.55. The lowest BCUT2D eigenvalue weighted by Crippen LogP contribution is -2.37. The number of hydrogen-bond acceptors (Lipinski definition) is 2. The van der Waals surface area contributed by atoms with Crippen LogP contribution in [-0.4, -0.2) is 12.1 Å². The molecular formula is C30H35F3O2S. The first-order chi connectivity index (χ1) is 17.3. The van der Waals surface area contributed by atoms with Crippen molar-refractivity contribution in [3.05, 3.63) is 90.0 Å². The van der Waals surface area contributed by atoms with Gasteiger partial charge in [0, 0.05) is 0 Å². The van der Waals surface area contributed by atoms with Gasteiger partial charge >= 0.3 is 6.18 Å². The maximum absolute atomic E-state index is 10.5. The summed E-state index contributed by atoms with van der Waals surface area (Å²) < 4.78 is 31.5. The molecule has 0 aliphatic rings. The summed E-state index contributed by atoms with van der Waals surface area (Å²) in [6.45, 7) is 4.54. The van der Waals surface area contributed by atoms with E-state index in [-0.39, 0.29) is 10.9 Å². The second kappa shape index (κ2) is 15.4. The average molecular weight is 517 g/mol. The van der Waals surface area contributed by atoms with Gasteiger partial charge in [-0.1, -0.05) is 82.0 Å². The van der Waals surface area contributed by atoms with Gasteiger partial charge in [0.25, 0.3) is 0 Å².